The van der Waals surface area contributed by atoms with Crippen molar-refractivity contribution in [2.24, 2.45) is 5.18 Å². The van der Waals surface area contributed by atoms with Gasteiger partial charge in [-0.2, -0.15) is 0 Å². The number of hydrogen-bond acceptors (Lipinski definition) is 4. The fraction of sp³-hybridized carbons (Fsp3) is 0.200. The predicted molar refractivity (Wildman–Crippen MR) is 55.5 cm³/mol. The second-order valence-electron chi connectivity index (χ2n) is 2.91. The van der Waals surface area contributed by atoms with Crippen LogP contribution in [0.4, 0.5) is 4.79 Å². The fourth-order valence-electron chi connectivity index (χ4n) is 1.16. The van der Waals surface area contributed by atoms with Crippen LogP contribution in [-0.4, -0.2) is 19.1 Å². The van der Waals surface area contributed by atoms with Gasteiger partial charge in [0, 0.05) is 5.18 Å². The highest BCUT2D eigenvalue weighted by Crippen LogP contribution is 2.14. The van der Waals surface area contributed by atoms with E-state index in [1.807, 2.05) is 0 Å². The van der Waals surface area contributed by atoms with Crippen molar-refractivity contribution in [3.8, 4) is 0 Å². The molecular weight excluding hydrogens is 212 g/mol. The number of hydrogen-bond donors (Lipinski definition) is 1. The molecule has 0 aliphatic heterocycles. The number of ether oxygens (including phenoxy) is 1. The van der Waals surface area contributed by atoms with Gasteiger partial charge in [-0.25, -0.2) is 4.79 Å². The van der Waals surface area contributed by atoms with Crippen LogP contribution < -0.4 is 5.32 Å². The molecule has 1 atom stereocenters. The van der Waals surface area contributed by atoms with E-state index in [2.05, 4.69) is 15.2 Å². The summed E-state index contributed by atoms with van der Waals surface area (Å²) < 4.78 is 4.35. The molecule has 0 saturated carbocycles. The molecule has 0 fully saturated rings. The summed E-state index contributed by atoms with van der Waals surface area (Å²) in [5, 5.41) is 4.52. The lowest BCUT2D eigenvalue weighted by Gasteiger charge is -2.13. The molecule has 0 spiro atoms. The van der Waals surface area contributed by atoms with Gasteiger partial charge in [-0.1, -0.05) is 30.3 Å². The number of methoxy groups -OCH3 is 1. The number of carbonyl (C=O) groups excluding carboxylic acids is 2. The lowest BCUT2D eigenvalue weighted by atomic mass is 10.1. The van der Waals surface area contributed by atoms with Crippen molar-refractivity contribution in [2.75, 3.05) is 7.11 Å². The minimum atomic E-state index is -1.11. The Labute approximate surface area is 91.6 Å². The number of nitroso groups, excluding NO2 is 1. The van der Waals surface area contributed by atoms with Crippen molar-refractivity contribution < 1.29 is 14.3 Å². The molecule has 0 aliphatic rings. The molecule has 0 heterocycles. The molecule has 1 unspecified atom stereocenters. The van der Waals surface area contributed by atoms with Gasteiger partial charge < -0.3 is 10.1 Å². The third kappa shape index (κ3) is 2.88. The van der Waals surface area contributed by atoms with Gasteiger partial charge in [0.05, 0.1) is 7.11 Å². The lowest BCUT2D eigenvalue weighted by Crippen LogP contribution is -2.32. The van der Waals surface area contributed by atoms with Crippen molar-refractivity contribution >= 4 is 12.0 Å². The number of benzene rings is 1. The van der Waals surface area contributed by atoms with Gasteiger partial charge in [0.1, 0.15) is 6.04 Å². The fourth-order valence-corrected chi connectivity index (χ4v) is 1.16. The average Bonchev–Trinajstić information content (AvgIpc) is 2.35. The molecule has 0 aliphatic carbocycles. The Balaban J connectivity index is 2.92. The van der Waals surface area contributed by atoms with Crippen LogP contribution in [0.5, 0.6) is 0 Å². The topological polar surface area (TPSA) is 84.8 Å². The molecular formula is C10H10N2O4. The quantitative estimate of drug-likeness (QED) is 0.783. The van der Waals surface area contributed by atoms with Crippen molar-refractivity contribution in [1.82, 2.24) is 5.32 Å². The van der Waals surface area contributed by atoms with Crippen LogP contribution in [0, 0.1) is 4.91 Å². The molecule has 1 rings (SSSR count). The van der Waals surface area contributed by atoms with Gasteiger partial charge in [-0.15, -0.1) is 4.91 Å². The van der Waals surface area contributed by atoms with Crippen LogP contribution in [0.1, 0.15) is 11.6 Å². The summed E-state index contributed by atoms with van der Waals surface area (Å²) in [6, 6.07) is 7.20. The summed E-state index contributed by atoms with van der Waals surface area (Å²) >= 11 is 0. The monoisotopic (exact) mass is 222 g/mol. The molecule has 6 nitrogen and oxygen atoms in total. The predicted octanol–water partition coefficient (Wildman–Crippen LogP) is 1.38. The van der Waals surface area contributed by atoms with E-state index in [9.17, 15) is 14.5 Å². The highest BCUT2D eigenvalue weighted by atomic mass is 16.5. The van der Waals surface area contributed by atoms with Gasteiger partial charge in [0.2, 0.25) is 0 Å². The first-order chi connectivity index (χ1) is 7.69. The second-order valence-corrected chi connectivity index (χ2v) is 2.91. The molecule has 84 valence electrons. The summed E-state index contributed by atoms with van der Waals surface area (Å²) in [5.41, 5.74) is 0.470. The van der Waals surface area contributed by atoms with Crippen LogP contribution in [-0.2, 0) is 9.53 Å². The maximum Gasteiger partial charge on any atom is 0.407 e. The molecule has 0 radical (unpaired) electrons. The summed E-state index contributed by atoms with van der Waals surface area (Å²) in [5.74, 6) is -0.975. The van der Waals surface area contributed by atoms with E-state index in [0.29, 0.717) is 5.56 Å². The van der Waals surface area contributed by atoms with Gasteiger partial charge in [0.15, 0.2) is 0 Å². The van der Waals surface area contributed by atoms with Gasteiger partial charge in [0.25, 0.3) is 0 Å². The smallest absolute Gasteiger partial charge is 0.407 e. The van der Waals surface area contributed by atoms with Crippen LogP contribution in [0.2, 0.25) is 0 Å². The van der Waals surface area contributed by atoms with E-state index in [4.69, 9.17) is 0 Å². The summed E-state index contributed by atoms with van der Waals surface area (Å²) in [6.07, 6.45) is -0.800. The van der Waals surface area contributed by atoms with E-state index in [1.54, 1.807) is 30.3 Å². The number of alkyl carbamates (subject to hydrolysis) is 1. The Morgan fingerprint density at radius 1 is 1.31 bits per heavy atom. The Morgan fingerprint density at radius 3 is 2.44 bits per heavy atom. The molecule has 0 aromatic heterocycles. The molecule has 0 saturated heterocycles. The van der Waals surface area contributed by atoms with Gasteiger partial charge in [-0.3, -0.25) is 4.79 Å². The molecule has 1 aromatic rings. The third-order valence-corrected chi connectivity index (χ3v) is 1.92. The maximum atomic E-state index is 11.2. The Bertz CT molecular complexity index is 391. The number of amides is 2. The molecule has 1 aromatic carbocycles. The molecule has 16 heavy (non-hydrogen) atoms. The zero-order valence-corrected chi connectivity index (χ0v) is 8.54. The van der Waals surface area contributed by atoms with Crippen LogP contribution in [0.3, 0.4) is 0 Å². The van der Waals surface area contributed by atoms with E-state index in [0.717, 1.165) is 7.11 Å². The Kier molecular flexibility index (Phi) is 4.14. The zero-order chi connectivity index (χ0) is 12.0. The second kappa shape index (κ2) is 5.59. The van der Waals surface area contributed by atoms with Crippen LogP contribution in [0.15, 0.2) is 35.5 Å². The summed E-state index contributed by atoms with van der Waals surface area (Å²) in [4.78, 5) is 32.4. The Morgan fingerprint density at radius 2 is 1.94 bits per heavy atom. The van der Waals surface area contributed by atoms with Gasteiger partial charge >= 0.3 is 12.0 Å². The Hall–Kier alpha value is -2.24. The molecule has 0 bridgehead atoms. The largest absolute Gasteiger partial charge is 0.453 e. The van der Waals surface area contributed by atoms with Crippen LogP contribution >= 0.6 is 0 Å². The minimum absolute atomic E-state index is 0.470. The number of carbonyl (C=O) groups is 2. The number of nitrogens with zero attached hydrogens (tertiary/aromatic N) is 1. The highest BCUT2D eigenvalue weighted by Gasteiger charge is 2.23. The SMILES string of the molecule is COC(=O)NC(C(=O)N=O)c1ccccc1. The van der Waals surface area contributed by atoms with Crippen molar-refractivity contribution in [2.45, 2.75) is 6.04 Å². The standard InChI is InChI=1S/C10H10N2O4/c1-16-10(14)11-8(9(13)12-15)7-5-3-2-4-6-7/h2-6,8H,1H3,(H,11,14). The number of nitrogens with one attached hydrogen (secondary N) is 1. The van der Waals surface area contributed by atoms with E-state index < -0.39 is 18.0 Å². The highest BCUT2D eigenvalue weighted by molar-refractivity contribution is 5.87. The van der Waals surface area contributed by atoms with E-state index in [1.165, 1.54) is 0 Å². The first-order valence-corrected chi connectivity index (χ1v) is 4.45. The van der Waals surface area contributed by atoms with Gasteiger partial charge in [-0.05, 0) is 5.56 Å². The maximum absolute atomic E-state index is 11.2. The average molecular weight is 222 g/mol. The zero-order valence-electron chi connectivity index (χ0n) is 8.54. The summed E-state index contributed by atoms with van der Waals surface area (Å²) in [7, 11) is 1.16. The van der Waals surface area contributed by atoms with Crippen molar-refractivity contribution in [3.63, 3.8) is 0 Å². The first-order valence-electron chi connectivity index (χ1n) is 4.45. The number of rotatable bonds is 3. The molecule has 1 N–H and O–H groups in total. The van der Waals surface area contributed by atoms with E-state index in [-0.39, 0.29) is 0 Å². The summed E-state index contributed by atoms with van der Waals surface area (Å²) in [6.45, 7) is 0. The molecule has 6 heteroatoms. The van der Waals surface area contributed by atoms with Crippen LogP contribution in [0.25, 0.3) is 0 Å². The van der Waals surface area contributed by atoms with E-state index >= 15 is 0 Å². The lowest BCUT2D eigenvalue weighted by molar-refractivity contribution is -0.119. The van der Waals surface area contributed by atoms with Crippen molar-refractivity contribution in [1.29, 1.82) is 0 Å². The molecule has 2 amide bonds. The normalized spacial score (nSPS) is 11.3. The first kappa shape index (κ1) is 11.8. The van der Waals surface area contributed by atoms with Crippen molar-refractivity contribution in [3.05, 3.63) is 40.8 Å². The minimum Gasteiger partial charge on any atom is -0.453 e. The third-order valence-electron chi connectivity index (χ3n) is 1.92.